The van der Waals surface area contributed by atoms with Gasteiger partial charge in [0.2, 0.25) is 5.91 Å². The third kappa shape index (κ3) is 1.99. The summed E-state index contributed by atoms with van der Waals surface area (Å²) in [7, 11) is 0. The molecular weight excluding hydrogens is 164 g/mol. The van der Waals surface area contributed by atoms with Crippen LogP contribution in [-0.2, 0) is 0 Å². The highest BCUT2D eigenvalue weighted by Gasteiger charge is 2.06. The van der Waals surface area contributed by atoms with Crippen molar-refractivity contribution in [3.05, 3.63) is 29.3 Å². The minimum absolute atomic E-state index is 0.378. The molecule has 0 fully saturated rings. The molecule has 13 heavy (non-hydrogen) atoms. The van der Waals surface area contributed by atoms with Crippen molar-refractivity contribution >= 4 is 11.6 Å². The van der Waals surface area contributed by atoms with Gasteiger partial charge in [-0.25, -0.2) is 0 Å². The molecule has 0 aliphatic heterocycles. The summed E-state index contributed by atoms with van der Waals surface area (Å²) in [5.74, 6) is -0.378. The van der Waals surface area contributed by atoms with Gasteiger partial charge in [0.05, 0.1) is 0 Å². The van der Waals surface area contributed by atoms with E-state index in [9.17, 15) is 4.79 Å². The number of benzene rings is 1. The van der Waals surface area contributed by atoms with Crippen LogP contribution in [0.25, 0.3) is 0 Å². The van der Waals surface area contributed by atoms with E-state index < -0.39 is 0 Å². The fraction of sp³-hybridized carbons (Fsp3) is 0.300. The number of rotatable bonds is 3. The number of carbonyl (C=O) groups excluding carboxylic acids is 1. The molecule has 0 aromatic heterocycles. The van der Waals surface area contributed by atoms with Crippen LogP contribution < -0.4 is 11.1 Å². The molecule has 0 bridgehead atoms. The number of anilines is 1. The predicted octanol–water partition coefficient (Wildman–Crippen LogP) is 1.53. The Kier molecular flexibility index (Phi) is 2.90. The highest BCUT2D eigenvalue weighted by atomic mass is 16.1. The van der Waals surface area contributed by atoms with Gasteiger partial charge in [-0.05, 0) is 31.5 Å². The molecule has 70 valence electrons. The molecule has 3 N–H and O–H groups in total. The first-order valence-corrected chi connectivity index (χ1v) is 4.30. The second-order valence-electron chi connectivity index (χ2n) is 2.87. The summed E-state index contributed by atoms with van der Waals surface area (Å²) in [4.78, 5) is 11.0. The second kappa shape index (κ2) is 3.94. The van der Waals surface area contributed by atoms with Gasteiger partial charge < -0.3 is 11.1 Å². The van der Waals surface area contributed by atoms with E-state index in [1.807, 2.05) is 26.0 Å². The molecule has 0 radical (unpaired) electrons. The number of carbonyl (C=O) groups is 1. The molecule has 0 saturated heterocycles. The maximum atomic E-state index is 11.0. The number of primary amides is 1. The van der Waals surface area contributed by atoms with Gasteiger partial charge in [-0.2, -0.15) is 0 Å². The number of nitrogens with two attached hydrogens (primary N) is 1. The minimum atomic E-state index is -0.378. The van der Waals surface area contributed by atoms with Crippen molar-refractivity contribution in [3.8, 4) is 0 Å². The molecule has 1 aromatic rings. The summed E-state index contributed by atoms with van der Waals surface area (Å²) in [5, 5.41) is 3.16. The summed E-state index contributed by atoms with van der Waals surface area (Å²) < 4.78 is 0. The van der Waals surface area contributed by atoms with E-state index in [4.69, 9.17) is 5.73 Å². The smallest absolute Gasteiger partial charge is 0.249 e. The zero-order valence-electron chi connectivity index (χ0n) is 7.92. The Bertz CT molecular complexity index is 321. The van der Waals surface area contributed by atoms with Crippen LogP contribution in [0, 0.1) is 6.92 Å². The normalized spacial score (nSPS) is 9.69. The van der Waals surface area contributed by atoms with E-state index in [1.165, 1.54) is 0 Å². The van der Waals surface area contributed by atoms with Crippen LogP contribution in [0.15, 0.2) is 18.2 Å². The molecule has 0 saturated carbocycles. The Labute approximate surface area is 77.9 Å². The zero-order valence-corrected chi connectivity index (χ0v) is 7.92. The Hall–Kier alpha value is -1.51. The molecule has 1 amide bonds. The van der Waals surface area contributed by atoms with Gasteiger partial charge in [-0.3, -0.25) is 4.79 Å². The van der Waals surface area contributed by atoms with Gasteiger partial charge >= 0.3 is 0 Å². The molecule has 1 aromatic carbocycles. The van der Waals surface area contributed by atoms with Gasteiger partial charge in [-0.1, -0.05) is 6.07 Å². The number of amides is 1. The molecule has 0 unspecified atom stereocenters. The number of nitrogens with one attached hydrogen (secondary N) is 1. The van der Waals surface area contributed by atoms with Crippen molar-refractivity contribution < 1.29 is 4.79 Å². The van der Waals surface area contributed by atoms with Crippen LogP contribution in [0.1, 0.15) is 22.8 Å². The fourth-order valence-electron chi connectivity index (χ4n) is 1.28. The molecule has 0 heterocycles. The van der Waals surface area contributed by atoms with Crippen molar-refractivity contribution in [2.45, 2.75) is 13.8 Å². The Morgan fingerprint density at radius 3 is 2.77 bits per heavy atom. The average molecular weight is 178 g/mol. The van der Waals surface area contributed by atoms with Crippen LogP contribution >= 0.6 is 0 Å². The number of hydrogen-bond donors (Lipinski definition) is 2. The van der Waals surface area contributed by atoms with Gasteiger partial charge in [0.15, 0.2) is 0 Å². The minimum Gasteiger partial charge on any atom is -0.385 e. The standard InChI is InChI=1S/C10H14N2O/c1-3-12-9-6-4-5-8(7(9)2)10(11)13/h4-6,12H,3H2,1-2H3,(H2,11,13). The Morgan fingerprint density at radius 1 is 1.54 bits per heavy atom. The quantitative estimate of drug-likeness (QED) is 0.737. The maximum absolute atomic E-state index is 11.0. The molecule has 3 heteroatoms. The molecule has 3 nitrogen and oxygen atoms in total. The molecule has 0 spiro atoms. The predicted molar refractivity (Wildman–Crippen MR) is 53.9 cm³/mol. The largest absolute Gasteiger partial charge is 0.385 e. The van der Waals surface area contributed by atoms with Gasteiger partial charge in [0, 0.05) is 17.8 Å². The van der Waals surface area contributed by atoms with E-state index in [-0.39, 0.29) is 5.91 Å². The summed E-state index contributed by atoms with van der Waals surface area (Å²) in [6.45, 7) is 4.73. The SMILES string of the molecule is CCNc1cccc(C(N)=O)c1C. The lowest BCUT2D eigenvalue weighted by atomic mass is 10.1. The molecule has 1 rings (SSSR count). The summed E-state index contributed by atoms with van der Waals surface area (Å²) in [6.07, 6.45) is 0. The van der Waals surface area contributed by atoms with Crippen molar-refractivity contribution in [3.63, 3.8) is 0 Å². The number of hydrogen-bond acceptors (Lipinski definition) is 2. The third-order valence-corrected chi connectivity index (χ3v) is 1.97. The van der Waals surface area contributed by atoms with E-state index in [2.05, 4.69) is 5.32 Å². The molecule has 0 aliphatic rings. The third-order valence-electron chi connectivity index (χ3n) is 1.97. The highest BCUT2D eigenvalue weighted by Crippen LogP contribution is 2.17. The van der Waals surface area contributed by atoms with E-state index in [0.29, 0.717) is 5.56 Å². The van der Waals surface area contributed by atoms with E-state index in [0.717, 1.165) is 17.8 Å². The second-order valence-corrected chi connectivity index (χ2v) is 2.87. The van der Waals surface area contributed by atoms with Gasteiger partial charge in [0.25, 0.3) is 0 Å². The fourth-order valence-corrected chi connectivity index (χ4v) is 1.28. The molecular formula is C10H14N2O. The van der Waals surface area contributed by atoms with Crippen molar-refractivity contribution in [1.29, 1.82) is 0 Å². The Morgan fingerprint density at radius 2 is 2.23 bits per heavy atom. The summed E-state index contributed by atoms with van der Waals surface area (Å²) in [5.41, 5.74) is 7.68. The van der Waals surface area contributed by atoms with Crippen molar-refractivity contribution in [2.24, 2.45) is 5.73 Å². The monoisotopic (exact) mass is 178 g/mol. The first-order chi connectivity index (χ1) is 6.16. The summed E-state index contributed by atoms with van der Waals surface area (Å²) >= 11 is 0. The first kappa shape index (κ1) is 9.58. The zero-order chi connectivity index (χ0) is 9.84. The lowest BCUT2D eigenvalue weighted by Gasteiger charge is -2.09. The van der Waals surface area contributed by atoms with Gasteiger partial charge in [-0.15, -0.1) is 0 Å². The lowest BCUT2D eigenvalue weighted by Crippen LogP contribution is -2.13. The molecule has 0 aliphatic carbocycles. The van der Waals surface area contributed by atoms with Crippen LogP contribution in [0.4, 0.5) is 5.69 Å². The van der Waals surface area contributed by atoms with Crippen molar-refractivity contribution in [2.75, 3.05) is 11.9 Å². The first-order valence-electron chi connectivity index (χ1n) is 4.30. The summed E-state index contributed by atoms with van der Waals surface area (Å²) in [6, 6.07) is 5.49. The van der Waals surface area contributed by atoms with Crippen LogP contribution in [0.3, 0.4) is 0 Å². The van der Waals surface area contributed by atoms with E-state index in [1.54, 1.807) is 6.07 Å². The van der Waals surface area contributed by atoms with Crippen molar-refractivity contribution in [1.82, 2.24) is 0 Å². The van der Waals surface area contributed by atoms with Gasteiger partial charge in [0.1, 0.15) is 0 Å². The lowest BCUT2D eigenvalue weighted by molar-refractivity contribution is 0.1000. The van der Waals surface area contributed by atoms with Crippen LogP contribution in [0.2, 0.25) is 0 Å². The Balaban J connectivity index is 3.10. The van der Waals surface area contributed by atoms with Crippen LogP contribution in [-0.4, -0.2) is 12.5 Å². The van der Waals surface area contributed by atoms with E-state index >= 15 is 0 Å². The van der Waals surface area contributed by atoms with Crippen LogP contribution in [0.5, 0.6) is 0 Å². The maximum Gasteiger partial charge on any atom is 0.249 e. The molecule has 0 atom stereocenters. The average Bonchev–Trinajstić information content (AvgIpc) is 2.08. The topological polar surface area (TPSA) is 55.1 Å². The highest BCUT2D eigenvalue weighted by molar-refractivity contribution is 5.95.